The van der Waals surface area contributed by atoms with E-state index >= 15 is 0 Å². The van der Waals surface area contributed by atoms with Crippen molar-refractivity contribution in [2.24, 2.45) is 0 Å². The Balaban J connectivity index is 0.000000191. The molecule has 0 spiro atoms. The monoisotopic (exact) mass is 884 g/mol. The highest BCUT2D eigenvalue weighted by Gasteiger charge is 2.45. The molecule has 5 saturated heterocycles. The Labute approximate surface area is 370 Å². The van der Waals surface area contributed by atoms with Gasteiger partial charge < -0.3 is 50.8 Å². The molecule has 6 aliphatic heterocycles. The quantitative estimate of drug-likeness (QED) is 0.163. The minimum absolute atomic E-state index is 0.0742. The van der Waals surface area contributed by atoms with Gasteiger partial charge in [0, 0.05) is 23.2 Å². The second-order valence-corrected chi connectivity index (χ2v) is 17.1. The fraction of sp³-hybridized carbons (Fsp3) is 0.522. The first-order chi connectivity index (χ1) is 30.9. The minimum atomic E-state index is -1.39. The molecule has 6 heterocycles. The Morgan fingerprint density at radius 1 is 0.516 bits per heavy atom. The summed E-state index contributed by atoms with van der Waals surface area (Å²) in [7, 11) is 0. The molecule has 5 fully saturated rings. The van der Waals surface area contributed by atoms with Crippen molar-refractivity contribution in [3.8, 4) is 0 Å². The SMILES string of the molecule is O=C1C[C@H](NC(=O)[C@@H]2CCC[C@@H]3C/C=C\C[C@H](NC(=O)c4ccccc4)C(=O)N32)C(O)O1.O=C1C[C@H](NC(=O)[C@@H]2CCC[C@@H]3CCCC[C@H](NC(=O)c4ccccc4)C(=O)N32)C(O)O1. The normalized spacial score (nSPS) is 30.8. The van der Waals surface area contributed by atoms with Gasteiger partial charge in [0.1, 0.15) is 36.3 Å². The van der Waals surface area contributed by atoms with Crippen molar-refractivity contribution >= 4 is 47.4 Å². The van der Waals surface area contributed by atoms with E-state index in [1.807, 2.05) is 24.3 Å². The van der Waals surface area contributed by atoms with E-state index in [1.54, 1.807) is 58.3 Å². The van der Waals surface area contributed by atoms with Crippen LogP contribution in [0.1, 0.15) is 111 Å². The van der Waals surface area contributed by atoms with Crippen molar-refractivity contribution in [3.63, 3.8) is 0 Å². The van der Waals surface area contributed by atoms with Crippen LogP contribution in [0.5, 0.6) is 0 Å². The van der Waals surface area contributed by atoms with Crippen LogP contribution in [0.2, 0.25) is 0 Å². The van der Waals surface area contributed by atoms with E-state index in [2.05, 4.69) is 21.3 Å². The van der Waals surface area contributed by atoms with Crippen LogP contribution in [0.3, 0.4) is 0 Å². The van der Waals surface area contributed by atoms with E-state index in [4.69, 9.17) is 9.47 Å². The number of cyclic esters (lactones) is 2. The van der Waals surface area contributed by atoms with Crippen molar-refractivity contribution in [3.05, 3.63) is 83.9 Å². The molecule has 2 aromatic carbocycles. The molecule has 0 aromatic heterocycles. The number of hydrogen-bond acceptors (Lipinski definition) is 12. The third-order valence-electron chi connectivity index (χ3n) is 12.7. The maximum Gasteiger partial charge on any atom is 0.310 e. The minimum Gasteiger partial charge on any atom is -0.434 e. The molecule has 0 bridgehead atoms. The zero-order valence-corrected chi connectivity index (χ0v) is 35.5. The number of fused-ring (bicyclic) bond motifs is 2. The van der Waals surface area contributed by atoms with Gasteiger partial charge in [-0.2, -0.15) is 0 Å². The van der Waals surface area contributed by atoms with Gasteiger partial charge in [-0.15, -0.1) is 0 Å². The number of amides is 6. The number of hydrogen-bond donors (Lipinski definition) is 6. The molecule has 10 atom stereocenters. The molecule has 18 nitrogen and oxygen atoms in total. The zero-order valence-electron chi connectivity index (χ0n) is 35.5. The molecule has 64 heavy (non-hydrogen) atoms. The number of benzene rings is 2. The van der Waals surface area contributed by atoms with Crippen molar-refractivity contribution in [1.29, 1.82) is 0 Å². The van der Waals surface area contributed by atoms with Gasteiger partial charge in [0.25, 0.3) is 11.8 Å². The van der Waals surface area contributed by atoms with Crippen LogP contribution in [0.4, 0.5) is 0 Å². The summed E-state index contributed by atoms with van der Waals surface area (Å²) in [5.74, 6) is -3.21. The molecule has 18 heteroatoms. The maximum atomic E-state index is 13.6. The average molecular weight is 885 g/mol. The van der Waals surface area contributed by atoms with E-state index in [-0.39, 0.29) is 48.6 Å². The predicted octanol–water partition coefficient (Wildman–Crippen LogP) is 1.49. The average Bonchev–Trinajstić information content (AvgIpc) is 3.79. The summed E-state index contributed by atoms with van der Waals surface area (Å²) < 4.78 is 9.40. The molecule has 8 rings (SSSR count). The van der Waals surface area contributed by atoms with Gasteiger partial charge in [-0.05, 0) is 88.5 Å². The van der Waals surface area contributed by atoms with Gasteiger partial charge in [-0.1, -0.05) is 61.4 Å². The molecule has 0 radical (unpaired) electrons. The Morgan fingerprint density at radius 2 is 0.953 bits per heavy atom. The molecule has 342 valence electrons. The number of carbonyl (C=O) groups excluding carboxylic acids is 8. The maximum absolute atomic E-state index is 13.6. The third-order valence-corrected chi connectivity index (χ3v) is 12.7. The summed E-state index contributed by atoms with van der Waals surface area (Å²) in [5.41, 5.74) is 0.933. The van der Waals surface area contributed by atoms with Gasteiger partial charge in [0.15, 0.2) is 0 Å². The summed E-state index contributed by atoms with van der Waals surface area (Å²) >= 11 is 0. The van der Waals surface area contributed by atoms with E-state index in [9.17, 15) is 48.6 Å². The van der Waals surface area contributed by atoms with Crippen LogP contribution in [-0.4, -0.2) is 128 Å². The lowest BCUT2D eigenvalue weighted by Crippen LogP contribution is -2.62. The summed E-state index contributed by atoms with van der Waals surface area (Å²) in [6.07, 6.45) is 8.98. The third kappa shape index (κ3) is 11.0. The largest absolute Gasteiger partial charge is 0.434 e. The van der Waals surface area contributed by atoms with Crippen LogP contribution >= 0.6 is 0 Å². The lowest BCUT2D eigenvalue weighted by molar-refractivity contribution is -0.157. The molecule has 6 amide bonds. The van der Waals surface area contributed by atoms with Gasteiger partial charge in [-0.3, -0.25) is 38.4 Å². The summed E-state index contributed by atoms with van der Waals surface area (Å²) in [4.78, 5) is 105. The summed E-state index contributed by atoms with van der Waals surface area (Å²) in [6, 6.07) is 12.5. The zero-order chi connectivity index (χ0) is 45.3. The van der Waals surface area contributed by atoms with Crippen LogP contribution in [0, 0.1) is 0 Å². The van der Waals surface area contributed by atoms with Crippen molar-refractivity contribution < 1.29 is 58.0 Å². The van der Waals surface area contributed by atoms with Gasteiger partial charge in [-0.25, -0.2) is 0 Å². The van der Waals surface area contributed by atoms with Crippen molar-refractivity contribution in [2.75, 3.05) is 0 Å². The first-order valence-corrected chi connectivity index (χ1v) is 22.2. The Morgan fingerprint density at radius 3 is 1.47 bits per heavy atom. The molecule has 6 aliphatic rings. The number of nitrogens with one attached hydrogen (secondary N) is 4. The highest BCUT2D eigenvalue weighted by atomic mass is 16.6. The highest BCUT2D eigenvalue weighted by Crippen LogP contribution is 2.32. The number of aliphatic hydroxyl groups is 2. The van der Waals surface area contributed by atoms with Crippen LogP contribution in [0.25, 0.3) is 0 Å². The second kappa shape index (κ2) is 21.0. The second-order valence-electron chi connectivity index (χ2n) is 17.1. The Hall–Kier alpha value is -6.14. The van der Waals surface area contributed by atoms with Gasteiger partial charge in [0.05, 0.1) is 12.8 Å². The number of nitrogens with zero attached hydrogens (tertiary/aromatic N) is 2. The number of ether oxygens (including phenoxy) is 2. The standard InChI is InChI=1S/C23H29N3O6.C23H27N3O6/c2*27-19-13-17(23(31)32-19)25-21(29)18-12-6-10-15-9-4-5-11-16(22(30)26(15)18)24-20(28)14-7-2-1-3-8-14/h1-3,7-8,15-18,23,31H,4-6,9-13H2,(H,24,28)(H,25,29);1-5,7-8,15-18,23,31H,6,9-13H2,(H,24,28)(H,25,29)/b;5-4-/t2*15-,16-,17-,18-,23?/m00/s1. The van der Waals surface area contributed by atoms with Gasteiger partial charge >= 0.3 is 11.9 Å². The Bertz CT molecular complexity index is 2090. The fourth-order valence-corrected chi connectivity index (χ4v) is 9.46. The summed E-state index contributed by atoms with van der Waals surface area (Å²) in [6.45, 7) is 0. The van der Waals surface area contributed by atoms with Crippen molar-refractivity contribution in [1.82, 2.24) is 31.1 Å². The van der Waals surface area contributed by atoms with Crippen LogP contribution in [-0.2, 0) is 38.2 Å². The lowest BCUT2D eigenvalue weighted by atomic mass is 9.88. The summed E-state index contributed by atoms with van der Waals surface area (Å²) in [5, 5.41) is 30.7. The molecular formula is C46H56N6O12. The first-order valence-electron chi connectivity index (χ1n) is 22.2. The Kier molecular flexibility index (Phi) is 15.1. The fourth-order valence-electron chi connectivity index (χ4n) is 9.46. The highest BCUT2D eigenvalue weighted by molar-refractivity contribution is 6.00. The first kappa shape index (κ1) is 45.9. The van der Waals surface area contributed by atoms with E-state index < -0.39 is 72.6 Å². The van der Waals surface area contributed by atoms with E-state index in [1.165, 1.54) is 0 Å². The topological polar surface area (TPSA) is 250 Å². The predicted molar refractivity (Wildman–Crippen MR) is 226 cm³/mol. The number of esters is 2. The van der Waals surface area contributed by atoms with Crippen molar-refractivity contribution in [2.45, 2.75) is 151 Å². The number of aliphatic hydroxyl groups excluding tert-OH is 2. The number of carbonyl (C=O) groups is 8. The lowest BCUT2D eigenvalue weighted by Gasteiger charge is -2.44. The molecular weight excluding hydrogens is 829 g/mol. The smallest absolute Gasteiger partial charge is 0.310 e. The van der Waals surface area contributed by atoms with Crippen LogP contribution in [0.15, 0.2) is 72.8 Å². The molecule has 0 aliphatic carbocycles. The van der Waals surface area contributed by atoms with E-state index in [0.29, 0.717) is 43.2 Å². The number of piperidine rings is 2. The molecule has 2 aromatic rings. The van der Waals surface area contributed by atoms with Gasteiger partial charge in [0.2, 0.25) is 36.2 Å². The number of rotatable bonds is 8. The van der Waals surface area contributed by atoms with E-state index in [0.717, 1.165) is 44.9 Å². The molecule has 2 unspecified atom stereocenters. The molecule has 0 saturated carbocycles. The van der Waals surface area contributed by atoms with Crippen LogP contribution < -0.4 is 21.3 Å². The molecule has 6 N–H and O–H groups in total.